The molecular weight excluding hydrogens is 411 g/mol. The third kappa shape index (κ3) is 6.09. The zero-order valence-corrected chi connectivity index (χ0v) is 19.3. The fraction of sp³-hybridized carbons (Fsp3) is 0.103. The van der Waals surface area contributed by atoms with Crippen LogP contribution in [0.5, 0.6) is 11.5 Å². The van der Waals surface area contributed by atoms with Crippen LogP contribution < -0.4 is 9.05 Å². The summed E-state index contributed by atoms with van der Waals surface area (Å²) < 4.78 is 12.9. The second-order valence-corrected chi connectivity index (χ2v) is 9.21. The topological polar surface area (TPSA) is 18.5 Å². The quantitative estimate of drug-likeness (QED) is 0.257. The summed E-state index contributed by atoms with van der Waals surface area (Å²) in [4.78, 5) is 0. The van der Waals surface area contributed by atoms with E-state index < -0.39 is 8.38 Å². The Kier molecular flexibility index (Phi) is 7.38. The molecule has 1 atom stereocenters. The van der Waals surface area contributed by atoms with Gasteiger partial charge < -0.3 is 9.05 Å². The normalized spacial score (nSPS) is 12.1. The van der Waals surface area contributed by atoms with Gasteiger partial charge in [0.1, 0.15) is 11.5 Å². The highest BCUT2D eigenvalue weighted by molar-refractivity contribution is 7.48. The van der Waals surface area contributed by atoms with Crippen LogP contribution in [0, 0.1) is 13.8 Å². The number of aryl methyl sites for hydroxylation is 2. The molecule has 1 unspecified atom stereocenters. The predicted octanol–water partition coefficient (Wildman–Crippen LogP) is 8.53. The van der Waals surface area contributed by atoms with Crippen molar-refractivity contribution in [3.63, 3.8) is 0 Å². The molecular formula is C29H27O2P. The molecule has 0 radical (unpaired) electrons. The molecule has 0 amide bonds. The highest BCUT2D eigenvalue weighted by Gasteiger charge is 2.27. The van der Waals surface area contributed by atoms with Crippen LogP contribution in [0.25, 0.3) is 6.08 Å². The lowest BCUT2D eigenvalue weighted by Crippen LogP contribution is -2.05. The molecule has 0 aliphatic rings. The molecule has 0 saturated heterocycles. The van der Waals surface area contributed by atoms with E-state index in [1.165, 1.54) is 11.1 Å². The van der Waals surface area contributed by atoms with Gasteiger partial charge in [-0.15, -0.1) is 0 Å². The molecule has 0 aromatic heterocycles. The third-order valence-corrected chi connectivity index (χ3v) is 6.78. The Morgan fingerprint density at radius 1 is 0.594 bits per heavy atom. The van der Waals surface area contributed by atoms with E-state index in [0.717, 1.165) is 22.6 Å². The van der Waals surface area contributed by atoms with E-state index in [1.54, 1.807) is 0 Å². The first-order valence-electron chi connectivity index (χ1n) is 10.7. The zero-order valence-electron chi connectivity index (χ0n) is 18.4. The van der Waals surface area contributed by atoms with Crippen LogP contribution in [0.15, 0.2) is 115 Å². The van der Waals surface area contributed by atoms with E-state index in [1.807, 2.05) is 60.7 Å². The van der Waals surface area contributed by atoms with Crippen LogP contribution in [0.2, 0.25) is 0 Å². The smallest absolute Gasteiger partial charge is 0.302 e. The molecule has 0 aliphatic carbocycles. The molecule has 4 aromatic carbocycles. The van der Waals surface area contributed by atoms with Gasteiger partial charge in [0.2, 0.25) is 0 Å². The van der Waals surface area contributed by atoms with Crippen LogP contribution in [0.3, 0.4) is 0 Å². The molecule has 3 heteroatoms. The average molecular weight is 439 g/mol. The Hall–Kier alpha value is -3.35. The summed E-state index contributed by atoms with van der Waals surface area (Å²) >= 11 is 0. The number of allylic oxidation sites excluding steroid dienone is 1. The standard InChI is InChI=1S/C29H27O2P/c1-23-13-17-25(18-14-23)19-22-29(26-20-15-24(2)16-21-26)32(30-27-9-5-3-6-10-27)31-28-11-7-4-8-12-28/h3-22,29H,1-2H3/b22-19+. The molecule has 160 valence electrons. The number of para-hydroxylation sites is 2. The highest BCUT2D eigenvalue weighted by atomic mass is 31.2. The maximum atomic E-state index is 6.46. The number of hydrogen-bond donors (Lipinski definition) is 0. The van der Waals surface area contributed by atoms with E-state index in [4.69, 9.17) is 9.05 Å². The minimum absolute atomic E-state index is 0.0488. The molecule has 0 bridgehead atoms. The summed E-state index contributed by atoms with van der Waals surface area (Å²) in [5.74, 6) is 1.60. The van der Waals surface area contributed by atoms with E-state index >= 15 is 0 Å². The van der Waals surface area contributed by atoms with Gasteiger partial charge in [-0.2, -0.15) is 0 Å². The summed E-state index contributed by atoms with van der Waals surface area (Å²) in [6, 6.07) is 36.9. The van der Waals surface area contributed by atoms with Gasteiger partial charge in [0.15, 0.2) is 0 Å². The minimum atomic E-state index is -1.35. The van der Waals surface area contributed by atoms with E-state index in [0.29, 0.717) is 0 Å². The summed E-state index contributed by atoms with van der Waals surface area (Å²) in [6.07, 6.45) is 4.36. The zero-order chi connectivity index (χ0) is 22.2. The Morgan fingerprint density at radius 2 is 1.06 bits per heavy atom. The number of rotatable bonds is 8. The molecule has 4 rings (SSSR count). The third-order valence-electron chi connectivity index (χ3n) is 5.07. The Labute approximate surface area is 192 Å². The van der Waals surface area contributed by atoms with Crippen molar-refractivity contribution in [1.82, 2.24) is 0 Å². The van der Waals surface area contributed by atoms with E-state index in [2.05, 4.69) is 74.5 Å². The van der Waals surface area contributed by atoms with Crippen molar-refractivity contribution in [3.8, 4) is 11.5 Å². The highest BCUT2D eigenvalue weighted by Crippen LogP contribution is 2.54. The minimum Gasteiger partial charge on any atom is -0.438 e. The summed E-state index contributed by atoms with van der Waals surface area (Å²) in [5, 5.41) is 0. The van der Waals surface area contributed by atoms with Crippen molar-refractivity contribution in [3.05, 3.63) is 138 Å². The van der Waals surface area contributed by atoms with E-state index in [-0.39, 0.29) is 5.66 Å². The predicted molar refractivity (Wildman–Crippen MR) is 135 cm³/mol. The Balaban J connectivity index is 1.71. The fourth-order valence-corrected chi connectivity index (χ4v) is 4.81. The molecule has 4 aromatic rings. The van der Waals surface area contributed by atoms with Gasteiger partial charge >= 0.3 is 8.38 Å². The first-order valence-corrected chi connectivity index (χ1v) is 12.0. The summed E-state index contributed by atoms with van der Waals surface area (Å²) in [7, 11) is -1.35. The molecule has 32 heavy (non-hydrogen) atoms. The van der Waals surface area contributed by atoms with Crippen LogP contribution in [-0.2, 0) is 0 Å². The largest absolute Gasteiger partial charge is 0.438 e. The van der Waals surface area contributed by atoms with Gasteiger partial charge in [-0.25, -0.2) is 0 Å². The van der Waals surface area contributed by atoms with Crippen molar-refractivity contribution >= 4 is 14.5 Å². The molecule has 0 N–H and O–H groups in total. The van der Waals surface area contributed by atoms with E-state index in [9.17, 15) is 0 Å². The lowest BCUT2D eigenvalue weighted by molar-refractivity contribution is 0.482. The first-order chi connectivity index (χ1) is 15.7. The Morgan fingerprint density at radius 3 is 1.56 bits per heavy atom. The molecule has 0 spiro atoms. The lowest BCUT2D eigenvalue weighted by atomic mass is 10.1. The van der Waals surface area contributed by atoms with Gasteiger partial charge in [0.25, 0.3) is 0 Å². The van der Waals surface area contributed by atoms with Crippen LogP contribution in [0.1, 0.15) is 27.9 Å². The Bertz CT molecular complexity index is 1080. The monoisotopic (exact) mass is 438 g/mol. The second-order valence-electron chi connectivity index (χ2n) is 7.72. The van der Waals surface area contributed by atoms with Crippen molar-refractivity contribution in [2.45, 2.75) is 19.5 Å². The summed E-state index contributed by atoms with van der Waals surface area (Å²) in [5.41, 5.74) is 4.75. The maximum Gasteiger partial charge on any atom is 0.302 e. The average Bonchev–Trinajstić information content (AvgIpc) is 2.83. The van der Waals surface area contributed by atoms with Crippen molar-refractivity contribution in [2.24, 2.45) is 0 Å². The first kappa shape index (κ1) is 21.9. The second kappa shape index (κ2) is 10.8. The summed E-state index contributed by atoms with van der Waals surface area (Å²) in [6.45, 7) is 4.20. The van der Waals surface area contributed by atoms with Gasteiger partial charge in [-0.3, -0.25) is 0 Å². The SMILES string of the molecule is Cc1ccc(/C=C/C(c2ccc(C)cc2)P(Oc2ccccc2)Oc2ccccc2)cc1. The lowest BCUT2D eigenvalue weighted by Gasteiger charge is -2.25. The van der Waals surface area contributed by atoms with Crippen molar-refractivity contribution in [2.75, 3.05) is 0 Å². The maximum absolute atomic E-state index is 6.46. The number of benzene rings is 4. The van der Waals surface area contributed by atoms with Crippen LogP contribution >= 0.6 is 8.38 Å². The van der Waals surface area contributed by atoms with Crippen molar-refractivity contribution < 1.29 is 9.05 Å². The molecule has 0 heterocycles. The van der Waals surface area contributed by atoms with Gasteiger partial charge in [-0.1, -0.05) is 108 Å². The van der Waals surface area contributed by atoms with Gasteiger partial charge in [0.05, 0.1) is 5.66 Å². The molecule has 0 aliphatic heterocycles. The van der Waals surface area contributed by atoms with Crippen LogP contribution in [0.4, 0.5) is 0 Å². The van der Waals surface area contributed by atoms with Crippen molar-refractivity contribution in [1.29, 1.82) is 0 Å². The molecule has 0 fully saturated rings. The molecule has 0 saturated carbocycles. The number of hydrogen-bond acceptors (Lipinski definition) is 2. The molecule has 2 nitrogen and oxygen atoms in total. The fourth-order valence-electron chi connectivity index (χ4n) is 3.25. The van der Waals surface area contributed by atoms with Gasteiger partial charge in [-0.05, 0) is 49.2 Å². The van der Waals surface area contributed by atoms with Gasteiger partial charge in [0, 0.05) is 0 Å². The van der Waals surface area contributed by atoms with Crippen LogP contribution in [-0.4, -0.2) is 0 Å².